The average molecular weight is 1510 g/mol. The van der Waals surface area contributed by atoms with Crippen LogP contribution < -0.4 is 0 Å². The fourth-order valence-electron chi connectivity index (χ4n) is 13.0. The lowest BCUT2D eigenvalue weighted by Crippen LogP contribution is -2.30. The second-order valence-corrected chi connectivity index (χ2v) is 34.6. The summed E-state index contributed by atoms with van der Waals surface area (Å²) in [5, 5.41) is 10.7. The number of carbonyl (C=O) groups excluding carboxylic acids is 4. The van der Waals surface area contributed by atoms with Crippen molar-refractivity contribution in [1.82, 2.24) is 0 Å². The van der Waals surface area contributed by atoms with Gasteiger partial charge in [-0.15, -0.1) is 0 Å². The summed E-state index contributed by atoms with van der Waals surface area (Å²) < 4.78 is 68.8. The Bertz CT molecular complexity index is 1990. The minimum Gasteiger partial charge on any atom is -0.462 e. The van der Waals surface area contributed by atoms with Gasteiger partial charge in [0.2, 0.25) is 0 Å². The molecule has 0 saturated heterocycles. The van der Waals surface area contributed by atoms with E-state index in [2.05, 4.69) is 48.5 Å². The van der Waals surface area contributed by atoms with Gasteiger partial charge in [-0.3, -0.25) is 37.3 Å². The zero-order valence-electron chi connectivity index (χ0n) is 67.8. The average Bonchev–Trinajstić information content (AvgIpc) is 0.918. The SMILES string of the molecule is CCCCCCCCCCCCCCCCCCC(=O)O[C@H](COC(=O)CCCCCCCCCCC(C)C)COP(=O)(O)OC[C@H](O)COP(=O)(O)OC[C@@H](COC(=O)CCCCCCCCCCCCCCCCC(C)C)OC(=O)CCCCCCCCCCCCCCCCCCC(C)C. The number of aliphatic hydroxyl groups is 1. The maximum atomic E-state index is 13.1. The zero-order chi connectivity index (χ0) is 75.8. The van der Waals surface area contributed by atoms with E-state index in [1.807, 2.05) is 0 Å². The number of hydrogen-bond acceptors (Lipinski definition) is 15. The highest BCUT2D eigenvalue weighted by molar-refractivity contribution is 7.47. The largest absolute Gasteiger partial charge is 0.472 e. The summed E-state index contributed by atoms with van der Waals surface area (Å²) in [6, 6.07) is 0. The molecule has 0 rings (SSSR count). The minimum absolute atomic E-state index is 0.108. The highest BCUT2D eigenvalue weighted by Crippen LogP contribution is 2.45. The van der Waals surface area contributed by atoms with Crippen molar-refractivity contribution < 1.29 is 80.2 Å². The number of unbranched alkanes of at least 4 members (excludes halogenated alkanes) is 50. The molecule has 3 N–H and O–H groups in total. The van der Waals surface area contributed by atoms with Crippen molar-refractivity contribution in [3.63, 3.8) is 0 Å². The van der Waals surface area contributed by atoms with E-state index in [9.17, 15) is 43.2 Å². The molecule has 0 aromatic rings. The van der Waals surface area contributed by atoms with Crippen molar-refractivity contribution in [2.24, 2.45) is 17.8 Å². The number of ether oxygens (including phenoxy) is 4. The van der Waals surface area contributed by atoms with Gasteiger partial charge in [-0.25, -0.2) is 9.13 Å². The third-order valence-electron chi connectivity index (χ3n) is 19.6. The number of phosphoric acid groups is 2. The first-order chi connectivity index (χ1) is 49.7. The Morgan fingerprint density at radius 2 is 0.447 bits per heavy atom. The topological polar surface area (TPSA) is 237 Å². The highest BCUT2D eigenvalue weighted by atomic mass is 31.2. The van der Waals surface area contributed by atoms with Crippen LogP contribution in [0, 0.1) is 17.8 Å². The van der Waals surface area contributed by atoms with Crippen LogP contribution in [0.15, 0.2) is 0 Å². The van der Waals surface area contributed by atoms with Crippen molar-refractivity contribution in [2.45, 2.75) is 458 Å². The minimum atomic E-state index is -4.96. The highest BCUT2D eigenvalue weighted by Gasteiger charge is 2.30. The smallest absolute Gasteiger partial charge is 0.462 e. The molecule has 0 saturated carbocycles. The summed E-state index contributed by atoms with van der Waals surface area (Å²) in [7, 11) is -9.93. The number of hydrogen-bond donors (Lipinski definition) is 3. The second kappa shape index (κ2) is 74.2. The third-order valence-corrected chi connectivity index (χ3v) is 21.5. The Morgan fingerprint density at radius 1 is 0.262 bits per heavy atom. The second-order valence-electron chi connectivity index (χ2n) is 31.6. The summed E-state index contributed by atoms with van der Waals surface area (Å²) >= 11 is 0. The molecule has 0 fully saturated rings. The molecule has 0 heterocycles. The predicted molar refractivity (Wildman–Crippen MR) is 423 cm³/mol. The molecule has 0 aliphatic carbocycles. The van der Waals surface area contributed by atoms with Crippen LogP contribution in [0.4, 0.5) is 0 Å². The fraction of sp³-hybridized carbons (Fsp3) is 0.952. The summed E-state index contributed by atoms with van der Waals surface area (Å²) in [4.78, 5) is 73.2. The van der Waals surface area contributed by atoms with Crippen LogP contribution in [0.5, 0.6) is 0 Å². The van der Waals surface area contributed by atoms with E-state index in [0.717, 1.165) is 108 Å². The lowest BCUT2D eigenvalue weighted by molar-refractivity contribution is -0.161. The number of phosphoric ester groups is 2. The number of esters is 4. The standard InChI is InChI=1S/C84H164O17P2/c1-8-9-10-11-12-13-14-15-16-20-27-32-37-46-53-60-67-84(89)101-80(72-95-82(87)66-59-52-45-40-39-43-50-57-64-77(6)7)74-99-103(92,93)97-70-78(85)69-96-102(90,91)98-73-79(71-94-81(86)65-58-51-44-36-31-26-23-22-25-30-35-42-49-56-63-76(4)5)100-83(88)68-61-54-47-38-33-28-21-18-17-19-24-29-34-41-48-55-62-75(2)3/h75-80,85H,8-74H2,1-7H3,(H,90,91)(H,92,93)/t78-,79-,80-/m1/s1. The van der Waals surface area contributed by atoms with Gasteiger partial charge in [0.1, 0.15) is 19.3 Å². The predicted octanol–water partition coefficient (Wildman–Crippen LogP) is 25.3. The number of rotatable bonds is 82. The zero-order valence-corrected chi connectivity index (χ0v) is 69.6. The molecule has 0 radical (unpaired) electrons. The molecule has 0 aliphatic rings. The van der Waals surface area contributed by atoms with Crippen LogP contribution in [0.2, 0.25) is 0 Å². The van der Waals surface area contributed by atoms with Crippen LogP contribution in [-0.2, 0) is 65.4 Å². The van der Waals surface area contributed by atoms with Crippen LogP contribution in [0.25, 0.3) is 0 Å². The Kier molecular flexibility index (Phi) is 72.8. The van der Waals surface area contributed by atoms with Crippen LogP contribution in [0.1, 0.15) is 440 Å². The van der Waals surface area contributed by atoms with Gasteiger partial charge < -0.3 is 33.8 Å². The number of aliphatic hydroxyl groups excluding tert-OH is 1. The van der Waals surface area contributed by atoms with Crippen LogP contribution in [-0.4, -0.2) is 96.7 Å². The summed E-state index contributed by atoms with van der Waals surface area (Å²) in [6.45, 7) is 12.0. The van der Waals surface area contributed by atoms with Crippen molar-refractivity contribution in [1.29, 1.82) is 0 Å². The Hall–Kier alpha value is -1.94. The van der Waals surface area contributed by atoms with Gasteiger partial charge in [-0.05, 0) is 43.4 Å². The molecular formula is C84H164O17P2. The normalized spacial score (nSPS) is 13.9. The Balaban J connectivity index is 5.25. The van der Waals surface area contributed by atoms with E-state index in [4.69, 9.17) is 37.0 Å². The van der Waals surface area contributed by atoms with Gasteiger partial charge in [0.25, 0.3) is 0 Å². The maximum absolute atomic E-state index is 13.1. The van der Waals surface area contributed by atoms with Crippen molar-refractivity contribution in [3.8, 4) is 0 Å². The Labute approximate surface area is 632 Å². The van der Waals surface area contributed by atoms with E-state index >= 15 is 0 Å². The Morgan fingerprint density at radius 3 is 0.660 bits per heavy atom. The number of carbonyl (C=O) groups is 4. The molecule has 5 atom stereocenters. The monoisotopic (exact) mass is 1510 g/mol. The van der Waals surface area contributed by atoms with E-state index in [-0.39, 0.29) is 25.7 Å². The van der Waals surface area contributed by atoms with Gasteiger partial charge in [0.05, 0.1) is 26.4 Å². The lowest BCUT2D eigenvalue weighted by atomic mass is 10.0. The molecule has 0 amide bonds. The molecule has 0 bridgehead atoms. The molecule has 612 valence electrons. The van der Waals surface area contributed by atoms with Gasteiger partial charge in [-0.1, -0.05) is 389 Å². The van der Waals surface area contributed by atoms with E-state index < -0.39 is 97.5 Å². The molecule has 0 aliphatic heterocycles. The molecule has 103 heavy (non-hydrogen) atoms. The van der Waals surface area contributed by atoms with Gasteiger partial charge in [0.15, 0.2) is 12.2 Å². The molecule has 0 aromatic heterocycles. The summed E-state index contributed by atoms with van der Waals surface area (Å²) in [5.41, 5.74) is 0. The molecule has 2 unspecified atom stereocenters. The fourth-order valence-corrected chi connectivity index (χ4v) is 14.6. The first-order valence-corrected chi connectivity index (χ1v) is 46.3. The van der Waals surface area contributed by atoms with E-state index in [0.29, 0.717) is 25.7 Å². The van der Waals surface area contributed by atoms with Crippen molar-refractivity contribution in [3.05, 3.63) is 0 Å². The van der Waals surface area contributed by atoms with Gasteiger partial charge in [0, 0.05) is 25.7 Å². The quantitative estimate of drug-likeness (QED) is 0.0222. The van der Waals surface area contributed by atoms with Crippen LogP contribution in [0.3, 0.4) is 0 Å². The van der Waals surface area contributed by atoms with Crippen molar-refractivity contribution >= 4 is 39.5 Å². The molecular weight excluding hydrogens is 1340 g/mol. The van der Waals surface area contributed by atoms with E-state index in [1.54, 1.807) is 0 Å². The molecule has 0 spiro atoms. The van der Waals surface area contributed by atoms with Gasteiger partial charge in [-0.2, -0.15) is 0 Å². The van der Waals surface area contributed by atoms with E-state index in [1.165, 1.54) is 250 Å². The third kappa shape index (κ3) is 78.0. The molecule has 19 heteroatoms. The summed E-state index contributed by atoms with van der Waals surface area (Å²) in [5.74, 6) is 0.229. The lowest BCUT2D eigenvalue weighted by Gasteiger charge is -2.21. The first-order valence-electron chi connectivity index (χ1n) is 43.3. The van der Waals surface area contributed by atoms with Gasteiger partial charge >= 0.3 is 39.5 Å². The van der Waals surface area contributed by atoms with Crippen LogP contribution >= 0.6 is 15.6 Å². The molecule has 0 aromatic carbocycles. The first kappa shape index (κ1) is 101. The maximum Gasteiger partial charge on any atom is 0.472 e. The summed E-state index contributed by atoms with van der Waals surface area (Å²) in [6.07, 6.45) is 63.8. The molecule has 17 nitrogen and oxygen atoms in total. The van der Waals surface area contributed by atoms with Crippen molar-refractivity contribution in [2.75, 3.05) is 39.6 Å².